The SMILES string of the molecule is C[C@@H](c1ccc(-c2n[nH]c(CO)n2)cc1)N1CCCCC1. The topological polar surface area (TPSA) is 65.0 Å². The third-order valence-corrected chi connectivity index (χ3v) is 4.27. The number of rotatable bonds is 4. The quantitative estimate of drug-likeness (QED) is 0.906. The molecule has 0 radical (unpaired) electrons. The second-order valence-electron chi connectivity index (χ2n) is 5.66. The minimum absolute atomic E-state index is 0.114. The predicted molar refractivity (Wildman–Crippen MR) is 81.6 cm³/mol. The summed E-state index contributed by atoms with van der Waals surface area (Å²) in [5.41, 5.74) is 2.30. The van der Waals surface area contributed by atoms with E-state index in [1.165, 1.54) is 37.9 Å². The largest absolute Gasteiger partial charge is 0.388 e. The molecule has 2 aromatic rings. The average molecular weight is 286 g/mol. The second kappa shape index (κ2) is 6.37. The van der Waals surface area contributed by atoms with Gasteiger partial charge in [0.05, 0.1) is 0 Å². The van der Waals surface area contributed by atoms with Gasteiger partial charge in [-0.15, -0.1) is 0 Å². The lowest BCUT2D eigenvalue weighted by atomic mass is 10.0. The Morgan fingerprint density at radius 3 is 2.52 bits per heavy atom. The normalized spacial score (nSPS) is 17.8. The molecule has 21 heavy (non-hydrogen) atoms. The van der Waals surface area contributed by atoms with Gasteiger partial charge in [-0.1, -0.05) is 30.7 Å². The van der Waals surface area contributed by atoms with Gasteiger partial charge in [-0.25, -0.2) is 4.98 Å². The highest BCUT2D eigenvalue weighted by molar-refractivity contribution is 5.55. The van der Waals surface area contributed by atoms with E-state index in [4.69, 9.17) is 5.11 Å². The standard InChI is InChI=1S/C16H22N4O/c1-12(20-9-3-2-4-10-20)13-5-7-14(8-6-13)16-17-15(11-21)18-19-16/h5-8,12,21H,2-4,9-11H2,1H3,(H,17,18,19)/t12-/m0/s1. The van der Waals surface area contributed by atoms with E-state index in [0.29, 0.717) is 17.7 Å². The minimum atomic E-state index is -0.114. The smallest absolute Gasteiger partial charge is 0.181 e. The Bertz CT molecular complexity index is 572. The van der Waals surface area contributed by atoms with Crippen molar-refractivity contribution < 1.29 is 5.11 Å². The summed E-state index contributed by atoms with van der Waals surface area (Å²) in [6.07, 6.45) is 3.98. The molecule has 0 spiro atoms. The highest BCUT2D eigenvalue weighted by Gasteiger charge is 2.18. The van der Waals surface area contributed by atoms with E-state index in [2.05, 4.69) is 51.3 Å². The summed E-state index contributed by atoms with van der Waals surface area (Å²) >= 11 is 0. The van der Waals surface area contributed by atoms with Gasteiger partial charge >= 0.3 is 0 Å². The molecule has 0 unspecified atom stereocenters. The Morgan fingerprint density at radius 1 is 1.19 bits per heavy atom. The summed E-state index contributed by atoms with van der Waals surface area (Å²) in [5, 5.41) is 15.9. The maximum Gasteiger partial charge on any atom is 0.181 e. The number of aromatic nitrogens is 3. The molecule has 2 heterocycles. The van der Waals surface area contributed by atoms with Gasteiger partial charge in [0.15, 0.2) is 11.6 Å². The number of aliphatic hydroxyl groups is 1. The summed E-state index contributed by atoms with van der Waals surface area (Å²) in [6.45, 7) is 4.56. The molecule has 0 amide bonds. The molecule has 5 heteroatoms. The summed E-state index contributed by atoms with van der Waals surface area (Å²) in [6, 6.07) is 8.88. The van der Waals surface area contributed by atoms with Crippen LogP contribution in [-0.2, 0) is 6.61 Å². The summed E-state index contributed by atoms with van der Waals surface area (Å²) < 4.78 is 0. The summed E-state index contributed by atoms with van der Waals surface area (Å²) in [7, 11) is 0. The molecule has 0 aliphatic carbocycles. The molecule has 3 rings (SSSR count). The van der Waals surface area contributed by atoms with E-state index in [1.807, 2.05) is 0 Å². The molecule has 0 bridgehead atoms. The van der Waals surface area contributed by atoms with Gasteiger partial charge in [-0.2, -0.15) is 5.10 Å². The first-order chi connectivity index (χ1) is 10.3. The van der Waals surface area contributed by atoms with Crippen molar-refractivity contribution in [2.24, 2.45) is 0 Å². The second-order valence-corrected chi connectivity index (χ2v) is 5.66. The van der Waals surface area contributed by atoms with E-state index < -0.39 is 0 Å². The monoisotopic (exact) mass is 286 g/mol. The van der Waals surface area contributed by atoms with Gasteiger partial charge in [-0.3, -0.25) is 10.00 Å². The Labute approximate surface area is 125 Å². The molecule has 1 aromatic carbocycles. The van der Waals surface area contributed by atoms with Gasteiger partial charge in [0, 0.05) is 11.6 Å². The lowest BCUT2D eigenvalue weighted by Crippen LogP contribution is -2.32. The third-order valence-electron chi connectivity index (χ3n) is 4.27. The van der Waals surface area contributed by atoms with Crippen LogP contribution in [0.25, 0.3) is 11.4 Å². The van der Waals surface area contributed by atoms with Crippen LogP contribution in [0.2, 0.25) is 0 Å². The number of piperidine rings is 1. The van der Waals surface area contributed by atoms with Gasteiger partial charge in [0.2, 0.25) is 0 Å². The summed E-state index contributed by atoms with van der Waals surface area (Å²) in [5.74, 6) is 1.13. The number of hydrogen-bond donors (Lipinski definition) is 2. The lowest BCUT2D eigenvalue weighted by molar-refractivity contribution is 0.175. The molecule has 1 saturated heterocycles. The Morgan fingerprint density at radius 2 is 1.90 bits per heavy atom. The van der Waals surface area contributed by atoms with Gasteiger partial charge in [0.25, 0.3) is 0 Å². The van der Waals surface area contributed by atoms with E-state index in [1.54, 1.807) is 0 Å². The van der Waals surface area contributed by atoms with Crippen LogP contribution in [0.5, 0.6) is 0 Å². The molecule has 5 nitrogen and oxygen atoms in total. The maximum absolute atomic E-state index is 9.02. The van der Waals surface area contributed by atoms with Crippen molar-refractivity contribution in [2.75, 3.05) is 13.1 Å². The van der Waals surface area contributed by atoms with Crippen LogP contribution in [0.3, 0.4) is 0 Å². The van der Waals surface area contributed by atoms with Crippen LogP contribution in [0, 0.1) is 0 Å². The number of hydrogen-bond acceptors (Lipinski definition) is 4. The Hall–Kier alpha value is -1.72. The van der Waals surface area contributed by atoms with Crippen LogP contribution >= 0.6 is 0 Å². The number of nitrogens with one attached hydrogen (secondary N) is 1. The van der Waals surface area contributed by atoms with Crippen molar-refractivity contribution >= 4 is 0 Å². The number of aliphatic hydroxyl groups excluding tert-OH is 1. The van der Waals surface area contributed by atoms with E-state index in [-0.39, 0.29) is 6.61 Å². The highest BCUT2D eigenvalue weighted by Crippen LogP contribution is 2.25. The average Bonchev–Trinajstić information content (AvgIpc) is 3.04. The van der Waals surface area contributed by atoms with Crippen LogP contribution in [0.4, 0.5) is 0 Å². The van der Waals surface area contributed by atoms with Crippen molar-refractivity contribution in [2.45, 2.75) is 38.8 Å². The van der Waals surface area contributed by atoms with Crippen LogP contribution < -0.4 is 0 Å². The lowest BCUT2D eigenvalue weighted by Gasteiger charge is -2.32. The van der Waals surface area contributed by atoms with Gasteiger partial charge < -0.3 is 5.11 Å². The number of aromatic amines is 1. The Balaban J connectivity index is 1.73. The first-order valence-corrected chi connectivity index (χ1v) is 7.64. The van der Waals surface area contributed by atoms with Crippen molar-refractivity contribution in [3.63, 3.8) is 0 Å². The van der Waals surface area contributed by atoms with Crippen molar-refractivity contribution in [3.8, 4) is 11.4 Å². The van der Waals surface area contributed by atoms with E-state index >= 15 is 0 Å². The van der Waals surface area contributed by atoms with Crippen molar-refractivity contribution in [1.29, 1.82) is 0 Å². The predicted octanol–water partition coefficient (Wildman–Crippen LogP) is 2.51. The third kappa shape index (κ3) is 3.14. The molecule has 1 aliphatic rings. The number of H-pyrrole nitrogens is 1. The number of benzene rings is 1. The fourth-order valence-electron chi connectivity index (χ4n) is 2.92. The maximum atomic E-state index is 9.02. The van der Waals surface area contributed by atoms with E-state index in [0.717, 1.165) is 5.56 Å². The van der Waals surface area contributed by atoms with Crippen molar-refractivity contribution in [3.05, 3.63) is 35.7 Å². The Kier molecular flexibility index (Phi) is 4.31. The minimum Gasteiger partial charge on any atom is -0.388 e. The molecule has 1 fully saturated rings. The van der Waals surface area contributed by atoms with Crippen LogP contribution in [-0.4, -0.2) is 38.3 Å². The fourth-order valence-corrected chi connectivity index (χ4v) is 2.92. The fraction of sp³-hybridized carbons (Fsp3) is 0.500. The van der Waals surface area contributed by atoms with Crippen molar-refractivity contribution in [1.82, 2.24) is 20.1 Å². The first kappa shape index (κ1) is 14.2. The molecule has 2 N–H and O–H groups in total. The van der Waals surface area contributed by atoms with Gasteiger partial charge in [-0.05, 0) is 38.4 Å². The molecule has 1 aliphatic heterocycles. The number of likely N-dealkylation sites (tertiary alicyclic amines) is 1. The molecule has 1 aromatic heterocycles. The van der Waals surface area contributed by atoms with Gasteiger partial charge in [0.1, 0.15) is 6.61 Å². The number of nitrogens with zero attached hydrogens (tertiary/aromatic N) is 3. The molecular weight excluding hydrogens is 264 g/mol. The zero-order valence-corrected chi connectivity index (χ0v) is 12.4. The first-order valence-electron chi connectivity index (χ1n) is 7.64. The molecule has 112 valence electrons. The van der Waals surface area contributed by atoms with E-state index in [9.17, 15) is 0 Å². The summed E-state index contributed by atoms with van der Waals surface area (Å²) in [4.78, 5) is 6.79. The molecule has 0 saturated carbocycles. The zero-order valence-electron chi connectivity index (χ0n) is 12.4. The zero-order chi connectivity index (χ0) is 14.7. The van der Waals surface area contributed by atoms with Crippen LogP contribution in [0.15, 0.2) is 24.3 Å². The highest BCUT2D eigenvalue weighted by atomic mass is 16.3. The van der Waals surface area contributed by atoms with Crippen LogP contribution in [0.1, 0.15) is 43.6 Å². The molecule has 1 atom stereocenters. The molecular formula is C16H22N4O.